The van der Waals surface area contributed by atoms with Crippen molar-refractivity contribution in [2.75, 3.05) is 24.6 Å². The fourth-order valence-electron chi connectivity index (χ4n) is 2.79. The van der Waals surface area contributed by atoms with Gasteiger partial charge in [0.05, 0.1) is 0 Å². The van der Waals surface area contributed by atoms with E-state index in [1.807, 2.05) is 0 Å². The molecule has 92 valence electrons. The molecule has 16 heavy (non-hydrogen) atoms. The number of thioether (sulfide) groups is 1. The standard InChI is InChI=1S/C12H21NO2S/c14-12(15)11-9-16-7-6-13(11)8-10-4-2-1-3-5-10/h10-11H,1-9H2,(H,14,15). The molecule has 1 atom stereocenters. The second-order valence-electron chi connectivity index (χ2n) is 4.93. The SMILES string of the molecule is O=C(O)C1CSCCN1CC1CCCCC1. The molecular formula is C12H21NO2S. The van der Waals surface area contributed by atoms with Gasteiger partial charge in [0, 0.05) is 24.6 Å². The van der Waals surface area contributed by atoms with Gasteiger partial charge < -0.3 is 5.11 Å². The van der Waals surface area contributed by atoms with Gasteiger partial charge in [0.25, 0.3) is 0 Å². The first-order valence-electron chi connectivity index (χ1n) is 6.32. The molecule has 1 heterocycles. The first-order valence-corrected chi connectivity index (χ1v) is 7.47. The average Bonchev–Trinajstić information content (AvgIpc) is 2.31. The predicted molar refractivity (Wildman–Crippen MR) is 66.9 cm³/mol. The Morgan fingerprint density at radius 1 is 1.31 bits per heavy atom. The number of aliphatic carboxylic acids is 1. The second kappa shape index (κ2) is 5.92. The van der Waals surface area contributed by atoms with Crippen molar-refractivity contribution < 1.29 is 9.90 Å². The van der Waals surface area contributed by atoms with Crippen LogP contribution in [0, 0.1) is 5.92 Å². The Labute approximate surface area is 102 Å². The van der Waals surface area contributed by atoms with Gasteiger partial charge in [-0.05, 0) is 18.8 Å². The Morgan fingerprint density at radius 2 is 2.06 bits per heavy atom. The molecule has 0 radical (unpaired) electrons. The van der Waals surface area contributed by atoms with Crippen LogP contribution >= 0.6 is 11.8 Å². The number of carboxylic acids is 1. The third-order valence-electron chi connectivity index (χ3n) is 3.74. The van der Waals surface area contributed by atoms with Crippen molar-refractivity contribution in [1.29, 1.82) is 0 Å². The van der Waals surface area contributed by atoms with Crippen LogP contribution in [-0.2, 0) is 4.79 Å². The lowest BCUT2D eigenvalue weighted by molar-refractivity contribution is -0.142. The van der Waals surface area contributed by atoms with Gasteiger partial charge in [0.15, 0.2) is 0 Å². The van der Waals surface area contributed by atoms with Crippen LogP contribution in [0.4, 0.5) is 0 Å². The molecular weight excluding hydrogens is 222 g/mol. The number of carbonyl (C=O) groups is 1. The number of rotatable bonds is 3. The average molecular weight is 243 g/mol. The molecule has 0 spiro atoms. The van der Waals surface area contributed by atoms with Crippen molar-refractivity contribution in [2.45, 2.75) is 38.1 Å². The number of carboxylic acid groups (broad SMARTS) is 1. The highest BCUT2D eigenvalue weighted by Gasteiger charge is 2.30. The Kier molecular flexibility index (Phi) is 4.53. The van der Waals surface area contributed by atoms with E-state index >= 15 is 0 Å². The zero-order valence-corrected chi connectivity index (χ0v) is 10.5. The largest absolute Gasteiger partial charge is 0.480 e. The maximum absolute atomic E-state index is 11.2. The molecule has 0 aromatic heterocycles. The Hall–Kier alpha value is -0.220. The molecule has 1 aliphatic carbocycles. The van der Waals surface area contributed by atoms with Gasteiger partial charge in [-0.2, -0.15) is 11.8 Å². The lowest BCUT2D eigenvalue weighted by Crippen LogP contribution is -2.49. The van der Waals surface area contributed by atoms with Crippen LogP contribution in [0.15, 0.2) is 0 Å². The van der Waals surface area contributed by atoms with Crippen molar-refractivity contribution in [3.63, 3.8) is 0 Å². The van der Waals surface area contributed by atoms with Gasteiger partial charge in [-0.3, -0.25) is 9.69 Å². The molecule has 0 aromatic rings. The molecule has 3 nitrogen and oxygen atoms in total. The summed E-state index contributed by atoms with van der Waals surface area (Å²) in [6.45, 7) is 1.97. The summed E-state index contributed by atoms with van der Waals surface area (Å²) in [6, 6.07) is -0.235. The van der Waals surface area contributed by atoms with Crippen LogP contribution in [0.25, 0.3) is 0 Å². The van der Waals surface area contributed by atoms with Crippen molar-refractivity contribution >= 4 is 17.7 Å². The predicted octanol–water partition coefficient (Wildman–Crippen LogP) is 2.07. The Balaban J connectivity index is 1.87. The molecule has 1 N–H and O–H groups in total. The normalized spacial score (nSPS) is 29.1. The van der Waals surface area contributed by atoms with Crippen LogP contribution in [0.3, 0.4) is 0 Å². The maximum Gasteiger partial charge on any atom is 0.321 e. The fraction of sp³-hybridized carbons (Fsp3) is 0.917. The lowest BCUT2D eigenvalue weighted by atomic mass is 9.88. The summed E-state index contributed by atoms with van der Waals surface area (Å²) >= 11 is 1.77. The number of nitrogens with zero attached hydrogens (tertiary/aromatic N) is 1. The molecule has 1 aliphatic heterocycles. The molecule has 2 fully saturated rings. The summed E-state index contributed by atoms with van der Waals surface area (Å²) in [6.07, 6.45) is 6.65. The van der Waals surface area contributed by atoms with Gasteiger partial charge in [-0.25, -0.2) is 0 Å². The first kappa shape index (κ1) is 12.2. The van der Waals surface area contributed by atoms with Gasteiger partial charge in [-0.1, -0.05) is 19.3 Å². The van der Waals surface area contributed by atoms with Crippen LogP contribution in [0.5, 0.6) is 0 Å². The smallest absolute Gasteiger partial charge is 0.321 e. The monoisotopic (exact) mass is 243 g/mol. The van der Waals surface area contributed by atoms with E-state index in [0.717, 1.165) is 30.5 Å². The molecule has 4 heteroatoms. The van der Waals surface area contributed by atoms with Gasteiger partial charge in [0.1, 0.15) is 6.04 Å². The van der Waals surface area contributed by atoms with Crippen LogP contribution < -0.4 is 0 Å². The summed E-state index contributed by atoms with van der Waals surface area (Å²) in [5.74, 6) is 1.97. The highest BCUT2D eigenvalue weighted by Crippen LogP contribution is 2.26. The maximum atomic E-state index is 11.2. The summed E-state index contributed by atoms with van der Waals surface area (Å²) in [4.78, 5) is 13.4. The van der Waals surface area contributed by atoms with Crippen molar-refractivity contribution in [3.8, 4) is 0 Å². The van der Waals surface area contributed by atoms with E-state index in [1.165, 1.54) is 32.1 Å². The minimum Gasteiger partial charge on any atom is -0.480 e. The Morgan fingerprint density at radius 3 is 2.75 bits per heavy atom. The zero-order valence-electron chi connectivity index (χ0n) is 9.73. The summed E-state index contributed by atoms with van der Waals surface area (Å²) in [5.41, 5.74) is 0. The molecule has 0 aromatic carbocycles. The van der Waals surface area contributed by atoms with Crippen molar-refractivity contribution in [1.82, 2.24) is 4.90 Å². The van der Waals surface area contributed by atoms with Crippen molar-refractivity contribution in [2.24, 2.45) is 5.92 Å². The molecule has 0 bridgehead atoms. The highest BCUT2D eigenvalue weighted by atomic mass is 32.2. The third kappa shape index (κ3) is 3.14. The molecule has 1 saturated heterocycles. The van der Waals surface area contributed by atoms with E-state index in [9.17, 15) is 9.90 Å². The van der Waals surface area contributed by atoms with E-state index in [2.05, 4.69) is 4.90 Å². The molecule has 2 aliphatic rings. The number of hydrogen-bond donors (Lipinski definition) is 1. The quantitative estimate of drug-likeness (QED) is 0.824. The van der Waals surface area contributed by atoms with Crippen molar-refractivity contribution in [3.05, 3.63) is 0 Å². The van der Waals surface area contributed by atoms with E-state index in [1.54, 1.807) is 11.8 Å². The summed E-state index contributed by atoms with van der Waals surface area (Å²) in [7, 11) is 0. The topological polar surface area (TPSA) is 40.5 Å². The summed E-state index contributed by atoms with van der Waals surface area (Å²) in [5, 5.41) is 9.18. The van der Waals surface area contributed by atoms with E-state index < -0.39 is 5.97 Å². The highest BCUT2D eigenvalue weighted by molar-refractivity contribution is 7.99. The van der Waals surface area contributed by atoms with Crippen LogP contribution in [0.2, 0.25) is 0 Å². The molecule has 0 amide bonds. The first-order chi connectivity index (χ1) is 7.77. The minimum absolute atomic E-state index is 0.235. The lowest BCUT2D eigenvalue weighted by Gasteiger charge is -2.36. The zero-order chi connectivity index (χ0) is 11.4. The second-order valence-corrected chi connectivity index (χ2v) is 6.08. The summed E-state index contributed by atoms with van der Waals surface area (Å²) < 4.78 is 0. The third-order valence-corrected chi connectivity index (χ3v) is 4.76. The van der Waals surface area contributed by atoms with E-state index in [4.69, 9.17) is 0 Å². The fourth-order valence-corrected chi connectivity index (χ4v) is 3.89. The van der Waals surface area contributed by atoms with Crippen LogP contribution in [-0.4, -0.2) is 46.6 Å². The molecule has 2 rings (SSSR count). The van der Waals surface area contributed by atoms with Gasteiger partial charge >= 0.3 is 5.97 Å². The van der Waals surface area contributed by atoms with E-state index in [-0.39, 0.29) is 6.04 Å². The Bertz CT molecular complexity index is 241. The number of hydrogen-bond acceptors (Lipinski definition) is 3. The van der Waals surface area contributed by atoms with Gasteiger partial charge in [0.2, 0.25) is 0 Å². The minimum atomic E-state index is -0.636. The van der Waals surface area contributed by atoms with Gasteiger partial charge in [-0.15, -0.1) is 0 Å². The van der Waals surface area contributed by atoms with E-state index in [0.29, 0.717) is 0 Å². The van der Waals surface area contributed by atoms with Crippen LogP contribution in [0.1, 0.15) is 32.1 Å². The molecule has 1 saturated carbocycles. The molecule has 1 unspecified atom stereocenters.